The zero-order valence-corrected chi connectivity index (χ0v) is 25.1. The maximum atomic E-state index is 11.9. The molecule has 0 heterocycles. The third-order valence-corrected chi connectivity index (χ3v) is 6.67. The van der Waals surface area contributed by atoms with E-state index in [-0.39, 0.29) is 30.9 Å². The molecule has 0 aromatic heterocycles. The lowest BCUT2D eigenvalue weighted by molar-refractivity contribution is -0.152. The molecule has 0 aliphatic heterocycles. The molecule has 0 bridgehead atoms. The molecule has 226 valence electrons. The van der Waals surface area contributed by atoms with Gasteiger partial charge >= 0.3 is 11.9 Å². The number of hydrogen-bond acceptors (Lipinski definition) is 6. The molecule has 0 saturated carbocycles. The van der Waals surface area contributed by atoms with Gasteiger partial charge in [0.25, 0.3) is 0 Å². The predicted octanol–water partition coefficient (Wildman–Crippen LogP) is 8.35. The SMILES string of the molecule is CCCCC/C=C\C=C\C(=O)CCCCCCCC(=O)OC[C@@H](O)COC(=O)CCCCCCCCCCC. The number of ketones is 1. The quantitative estimate of drug-likeness (QED) is 0.0456. The standard InChI is InChI=1S/C33H58O6/c1-3-5-7-9-11-12-14-18-22-26-32(36)38-28-31(35)29-39-33(37)27-23-19-15-17-21-25-30(34)24-20-16-13-10-8-6-4-2/h13,16,20,24,31,35H,3-12,14-15,17-19,21-23,25-29H2,1-2H3/b16-13-,24-20+/t31-/m0/s1. The van der Waals surface area contributed by atoms with Gasteiger partial charge in [0.1, 0.15) is 19.3 Å². The van der Waals surface area contributed by atoms with E-state index >= 15 is 0 Å². The number of hydrogen-bond donors (Lipinski definition) is 1. The summed E-state index contributed by atoms with van der Waals surface area (Å²) in [6, 6.07) is 0. The van der Waals surface area contributed by atoms with Gasteiger partial charge in [-0.15, -0.1) is 0 Å². The van der Waals surface area contributed by atoms with Crippen molar-refractivity contribution in [1.82, 2.24) is 0 Å². The number of ether oxygens (including phenoxy) is 2. The molecule has 0 aliphatic carbocycles. The highest BCUT2D eigenvalue weighted by Crippen LogP contribution is 2.11. The third-order valence-electron chi connectivity index (χ3n) is 6.67. The largest absolute Gasteiger partial charge is 0.463 e. The first-order valence-electron chi connectivity index (χ1n) is 15.8. The smallest absolute Gasteiger partial charge is 0.305 e. The Kier molecular flexibility index (Phi) is 27.6. The minimum Gasteiger partial charge on any atom is -0.463 e. The van der Waals surface area contributed by atoms with Gasteiger partial charge in [0.05, 0.1) is 0 Å². The van der Waals surface area contributed by atoms with Gasteiger partial charge in [-0.2, -0.15) is 0 Å². The summed E-state index contributed by atoms with van der Waals surface area (Å²) in [5.74, 6) is -0.502. The number of esters is 2. The maximum Gasteiger partial charge on any atom is 0.305 e. The highest BCUT2D eigenvalue weighted by Gasteiger charge is 2.12. The molecule has 0 radical (unpaired) electrons. The van der Waals surface area contributed by atoms with Crippen LogP contribution in [0.1, 0.15) is 149 Å². The van der Waals surface area contributed by atoms with Gasteiger partial charge in [0.2, 0.25) is 0 Å². The van der Waals surface area contributed by atoms with Gasteiger partial charge in [-0.1, -0.05) is 116 Å². The molecule has 0 fully saturated rings. The molecule has 0 rings (SSSR count). The van der Waals surface area contributed by atoms with E-state index < -0.39 is 6.10 Å². The zero-order valence-electron chi connectivity index (χ0n) is 25.1. The highest BCUT2D eigenvalue weighted by atomic mass is 16.6. The Balaban J connectivity index is 3.57. The summed E-state index contributed by atoms with van der Waals surface area (Å²) < 4.78 is 10.2. The summed E-state index contributed by atoms with van der Waals surface area (Å²) in [6.45, 7) is 4.10. The average molecular weight is 551 g/mol. The first-order valence-corrected chi connectivity index (χ1v) is 15.8. The van der Waals surface area contributed by atoms with Crippen LogP contribution in [0.4, 0.5) is 0 Å². The Morgan fingerprint density at radius 3 is 1.54 bits per heavy atom. The monoisotopic (exact) mass is 550 g/mol. The van der Waals surface area contributed by atoms with Gasteiger partial charge in [-0.25, -0.2) is 0 Å². The van der Waals surface area contributed by atoms with Crippen molar-refractivity contribution in [2.75, 3.05) is 13.2 Å². The second-order valence-corrected chi connectivity index (χ2v) is 10.6. The van der Waals surface area contributed by atoms with E-state index in [9.17, 15) is 19.5 Å². The summed E-state index contributed by atoms with van der Waals surface area (Å²) in [5, 5.41) is 9.91. The Hall–Kier alpha value is -1.95. The van der Waals surface area contributed by atoms with Gasteiger partial charge in [-0.05, 0) is 38.2 Å². The van der Waals surface area contributed by atoms with Crippen LogP contribution in [0, 0.1) is 0 Å². The molecule has 6 heteroatoms. The van der Waals surface area contributed by atoms with Gasteiger partial charge in [-0.3, -0.25) is 14.4 Å². The summed E-state index contributed by atoms with van der Waals surface area (Å²) in [4.78, 5) is 35.5. The number of aliphatic hydroxyl groups is 1. The molecule has 0 amide bonds. The van der Waals surface area contributed by atoms with E-state index in [1.165, 1.54) is 57.8 Å². The summed E-state index contributed by atoms with van der Waals surface area (Å²) in [5.41, 5.74) is 0. The number of unbranched alkanes of at least 4 members (excludes halogenated alkanes) is 15. The van der Waals surface area contributed by atoms with Gasteiger partial charge in [0.15, 0.2) is 5.78 Å². The van der Waals surface area contributed by atoms with Crippen molar-refractivity contribution in [2.24, 2.45) is 0 Å². The Labute approximate surface area is 239 Å². The number of aliphatic hydroxyl groups excluding tert-OH is 1. The Morgan fingerprint density at radius 2 is 1.03 bits per heavy atom. The fraction of sp³-hybridized carbons (Fsp3) is 0.788. The minimum absolute atomic E-state index is 0.146. The van der Waals surface area contributed by atoms with Gasteiger partial charge in [0, 0.05) is 19.3 Å². The van der Waals surface area contributed by atoms with Crippen molar-refractivity contribution in [1.29, 1.82) is 0 Å². The lowest BCUT2D eigenvalue weighted by Gasteiger charge is -2.12. The number of carbonyl (C=O) groups is 3. The van der Waals surface area contributed by atoms with Crippen molar-refractivity contribution in [3.63, 3.8) is 0 Å². The molecule has 6 nitrogen and oxygen atoms in total. The van der Waals surface area contributed by atoms with Crippen molar-refractivity contribution in [3.05, 3.63) is 24.3 Å². The van der Waals surface area contributed by atoms with Crippen LogP contribution in [-0.4, -0.2) is 42.1 Å². The lowest BCUT2D eigenvalue weighted by atomic mass is 10.1. The van der Waals surface area contributed by atoms with Crippen LogP contribution in [0.25, 0.3) is 0 Å². The van der Waals surface area contributed by atoms with Crippen LogP contribution >= 0.6 is 0 Å². The molecular weight excluding hydrogens is 492 g/mol. The van der Waals surface area contributed by atoms with Crippen molar-refractivity contribution in [2.45, 2.75) is 155 Å². The molecule has 39 heavy (non-hydrogen) atoms. The Bertz CT molecular complexity index is 655. The maximum absolute atomic E-state index is 11.9. The second-order valence-electron chi connectivity index (χ2n) is 10.6. The normalized spacial score (nSPS) is 12.3. The van der Waals surface area contributed by atoms with E-state index in [4.69, 9.17) is 9.47 Å². The lowest BCUT2D eigenvalue weighted by Crippen LogP contribution is -2.25. The van der Waals surface area contributed by atoms with Crippen LogP contribution in [0.15, 0.2) is 24.3 Å². The molecule has 0 aliphatic rings. The number of carbonyl (C=O) groups excluding carboxylic acids is 3. The number of rotatable bonds is 28. The fourth-order valence-corrected chi connectivity index (χ4v) is 4.18. The van der Waals surface area contributed by atoms with E-state index in [2.05, 4.69) is 19.9 Å². The Morgan fingerprint density at radius 1 is 0.590 bits per heavy atom. The van der Waals surface area contributed by atoms with E-state index in [0.29, 0.717) is 19.3 Å². The molecule has 0 unspecified atom stereocenters. The first kappa shape index (κ1) is 37.0. The molecule has 0 aromatic rings. The summed E-state index contributed by atoms with van der Waals surface area (Å²) in [7, 11) is 0. The zero-order chi connectivity index (χ0) is 28.8. The molecule has 0 spiro atoms. The highest BCUT2D eigenvalue weighted by molar-refractivity contribution is 5.89. The van der Waals surface area contributed by atoms with Crippen molar-refractivity contribution >= 4 is 17.7 Å². The molecule has 0 saturated heterocycles. The summed E-state index contributed by atoms with van der Waals surface area (Å²) in [6.07, 6.45) is 27.6. The number of allylic oxidation sites excluding steroid dienone is 4. The predicted molar refractivity (Wildman–Crippen MR) is 160 cm³/mol. The topological polar surface area (TPSA) is 89.9 Å². The fourth-order valence-electron chi connectivity index (χ4n) is 4.18. The van der Waals surface area contributed by atoms with Crippen molar-refractivity contribution in [3.8, 4) is 0 Å². The molecular formula is C33H58O6. The van der Waals surface area contributed by atoms with Crippen LogP contribution in [0.2, 0.25) is 0 Å². The van der Waals surface area contributed by atoms with E-state index in [1.54, 1.807) is 6.08 Å². The van der Waals surface area contributed by atoms with Crippen LogP contribution in [-0.2, 0) is 23.9 Å². The van der Waals surface area contributed by atoms with Crippen LogP contribution in [0.3, 0.4) is 0 Å². The summed E-state index contributed by atoms with van der Waals surface area (Å²) >= 11 is 0. The van der Waals surface area contributed by atoms with E-state index in [0.717, 1.165) is 57.8 Å². The van der Waals surface area contributed by atoms with Crippen LogP contribution < -0.4 is 0 Å². The second kappa shape index (κ2) is 29.0. The van der Waals surface area contributed by atoms with E-state index in [1.807, 2.05) is 12.2 Å². The van der Waals surface area contributed by atoms with Crippen LogP contribution in [0.5, 0.6) is 0 Å². The third kappa shape index (κ3) is 28.9. The molecule has 0 aromatic carbocycles. The molecule has 1 N–H and O–H groups in total. The van der Waals surface area contributed by atoms with Crippen molar-refractivity contribution < 1.29 is 29.0 Å². The van der Waals surface area contributed by atoms with Gasteiger partial charge < -0.3 is 14.6 Å². The first-order chi connectivity index (χ1) is 19.0. The minimum atomic E-state index is -0.996. The molecule has 1 atom stereocenters. The average Bonchev–Trinajstić information content (AvgIpc) is 2.93.